The van der Waals surface area contributed by atoms with Gasteiger partial charge in [0.25, 0.3) is 5.91 Å². The average Bonchev–Trinajstić information content (AvgIpc) is 2.89. The number of hydrogen-bond acceptors (Lipinski definition) is 7. The summed E-state index contributed by atoms with van der Waals surface area (Å²) in [6.07, 6.45) is -1.06. The Kier molecular flexibility index (Phi) is 8.21. The zero-order valence-electron chi connectivity index (χ0n) is 18.6. The molecule has 1 amide bonds. The average molecular weight is 466 g/mol. The summed E-state index contributed by atoms with van der Waals surface area (Å²) in [5, 5.41) is 9.29. The summed E-state index contributed by atoms with van der Waals surface area (Å²) in [4.78, 5) is 12.4. The summed E-state index contributed by atoms with van der Waals surface area (Å²) in [5.41, 5.74) is 2.27. The minimum Gasteiger partial charge on any atom is -0.490 e. The summed E-state index contributed by atoms with van der Waals surface area (Å²) in [6, 6.07) is 23.6. The lowest BCUT2D eigenvalue weighted by atomic mass is 10.1. The highest BCUT2D eigenvalue weighted by Crippen LogP contribution is 2.30. The van der Waals surface area contributed by atoms with Crippen LogP contribution in [0.5, 0.6) is 23.0 Å². The van der Waals surface area contributed by atoms with Gasteiger partial charge in [0.2, 0.25) is 0 Å². The van der Waals surface area contributed by atoms with Crippen LogP contribution in [0.3, 0.4) is 0 Å². The molecule has 0 bridgehead atoms. The summed E-state index contributed by atoms with van der Waals surface area (Å²) in [7, 11) is 0. The van der Waals surface area contributed by atoms with Gasteiger partial charge in [-0.3, -0.25) is 10.0 Å². The number of benzene rings is 3. The number of rotatable bonds is 4. The van der Waals surface area contributed by atoms with Crippen LogP contribution in [0, 0.1) is 0 Å². The first-order valence-electron chi connectivity index (χ1n) is 11.1. The second-order valence-corrected chi connectivity index (χ2v) is 7.59. The summed E-state index contributed by atoms with van der Waals surface area (Å²) < 4.78 is 29.9. The molecule has 0 fully saturated rings. The lowest BCUT2D eigenvalue weighted by molar-refractivity contribution is -0.148. The van der Waals surface area contributed by atoms with Crippen molar-refractivity contribution in [3.63, 3.8) is 0 Å². The van der Waals surface area contributed by atoms with Gasteiger partial charge in [-0.1, -0.05) is 54.6 Å². The highest BCUT2D eigenvalue weighted by atomic mass is 16.6. The van der Waals surface area contributed by atoms with Crippen molar-refractivity contribution in [1.82, 2.24) is 5.48 Å². The Morgan fingerprint density at radius 1 is 0.765 bits per heavy atom. The quantitative estimate of drug-likeness (QED) is 0.445. The third-order valence-corrected chi connectivity index (χ3v) is 5.13. The maximum atomic E-state index is 12.4. The minimum absolute atomic E-state index is 0.0748. The number of para-hydroxylation sites is 4. The van der Waals surface area contributed by atoms with Crippen molar-refractivity contribution < 1.29 is 33.7 Å². The Labute approximate surface area is 197 Å². The minimum atomic E-state index is -1.07. The predicted molar refractivity (Wildman–Crippen MR) is 123 cm³/mol. The molecule has 0 aromatic heterocycles. The molecule has 0 spiro atoms. The van der Waals surface area contributed by atoms with Crippen molar-refractivity contribution in [3.05, 3.63) is 84.4 Å². The van der Waals surface area contributed by atoms with Crippen LogP contribution in [0.1, 0.15) is 18.1 Å². The molecular weight excluding hydrogens is 438 g/mol. The van der Waals surface area contributed by atoms with Crippen molar-refractivity contribution in [1.29, 1.82) is 0 Å². The van der Waals surface area contributed by atoms with Gasteiger partial charge in [-0.05, 0) is 29.8 Å². The molecule has 1 atom stereocenters. The normalized spacial score (nSPS) is 15.6. The van der Waals surface area contributed by atoms with Gasteiger partial charge in [0.15, 0.2) is 29.1 Å². The van der Waals surface area contributed by atoms with Gasteiger partial charge in [-0.15, -0.1) is 0 Å². The smallest absolute Gasteiger partial charge is 0.277 e. The van der Waals surface area contributed by atoms with E-state index >= 15 is 0 Å². The van der Waals surface area contributed by atoms with E-state index < -0.39 is 18.1 Å². The molecule has 3 aromatic carbocycles. The number of carbonyl (C=O) groups excluding carboxylic acids is 1. The molecule has 1 aliphatic heterocycles. The molecule has 8 nitrogen and oxygen atoms in total. The van der Waals surface area contributed by atoms with Gasteiger partial charge in [0.05, 0.1) is 13.2 Å². The van der Waals surface area contributed by atoms with Gasteiger partial charge in [0.1, 0.15) is 19.3 Å². The Morgan fingerprint density at radius 2 is 1.24 bits per heavy atom. The van der Waals surface area contributed by atoms with Crippen LogP contribution in [-0.4, -0.2) is 43.6 Å². The fourth-order valence-electron chi connectivity index (χ4n) is 3.46. The second kappa shape index (κ2) is 11.9. The molecule has 1 unspecified atom stereocenters. The number of ether oxygens (including phenoxy) is 5. The van der Waals surface area contributed by atoms with E-state index in [1.165, 1.54) is 0 Å². The first kappa shape index (κ1) is 23.4. The number of carbonyl (C=O) groups is 1. The standard InChI is InChI=1S/C26H27NO7/c28-26(27-29)25(19-9-2-1-3-10-19)34-20-17-32-23-13-6-4-11-21(23)30-15-8-16-31-22-12-5-7-14-24(22)33-18-20/h1-7,9-14,20,25,29H,8,15-18H2,(H,27,28). The van der Waals surface area contributed by atoms with Crippen LogP contribution in [0.2, 0.25) is 0 Å². The SMILES string of the molecule is O=C(NO)C(OC1COc2ccccc2OCCCOc2ccccc2OC1)c1ccccc1. The van der Waals surface area contributed by atoms with Gasteiger partial charge < -0.3 is 23.7 Å². The van der Waals surface area contributed by atoms with E-state index in [-0.39, 0.29) is 13.2 Å². The molecule has 2 N–H and O–H groups in total. The van der Waals surface area contributed by atoms with Crippen molar-refractivity contribution in [2.75, 3.05) is 26.4 Å². The second-order valence-electron chi connectivity index (χ2n) is 7.59. The van der Waals surface area contributed by atoms with Crippen LogP contribution < -0.4 is 24.4 Å². The first-order chi connectivity index (χ1) is 16.7. The number of hydroxylamine groups is 1. The molecule has 178 valence electrons. The van der Waals surface area contributed by atoms with Crippen molar-refractivity contribution in [3.8, 4) is 23.0 Å². The molecule has 0 saturated heterocycles. The lowest BCUT2D eigenvalue weighted by Gasteiger charge is -2.25. The van der Waals surface area contributed by atoms with E-state index in [1.807, 2.05) is 42.5 Å². The molecule has 1 heterocycles. The fraction of sp³-hybridized carbons (Fsp3) is 0.269. The Balaban J connectivity index is 1.59. The molecule has 4 rings (SSSR count). The van der Waals surface area contributed by atoms with E-state index in [0.29, 0.717) is 48.2 Å². The van der Waals surface area contributed by atoms with E-state index in [9.17, 15) is 10.0 Å². The highest BCUT2D eigenvalue weighted by Gasteiger charge is 2.27. The molecule has 1 aliphatic rings. The van der Waals surface area contributed by atoms with E-state index in [2.05, 4.69) is 0 Å². The monoisotopic (exact) mass is 465 g/mol. The third-order valence-electron chi connectivity index (χ3n) is 5.13. The van der Waals surface area contributed by atoms with E-state index in [0.717, 1.165) is 0 Å². The Morgan fingerprint density at radius 3 is 1.74 bits per heavy atom. The molecule has 3 aromatic rings. The number of hydrogen-bond donors (Lipinski definition) is 2. The summed E-state index contributed by atoms with van der Waals surface area (Å²) in [6.45, 7) is 1.06. The van der Waals surface area contributed by atoms with E-state index in [1.54, 1.807) is 41.9 Å². The van der Waals surface area contributed by atoms with Crippen molar-refractivity contribution >= 4 is 5.91 Å². The molecule has 8 heteroatoms. The number of nitrogens with one attached hydrogen (secondary N) is 1. The summed E-state index contributed by atoms with van der Waals surface area (Å²) in [5.74, 6) is 1.62. The lowest BCUT2D eigenvalue weighted by Crippen LogP contribution is -2.36. The molecule has 0 aliphatic carbocycles. The first-order valence-corrected chi connectivity index (χ1v) is 11.1. The van der Waals surface area contributed by atoms with Crippen LogP contribution in [0.15, 0.2) is 78.9 Å². The van der Waals surface area contributed by atoms with Crippen LogP contribution in [-0.2, 0) is 9.53 Å². The topological polar surface area (TPSA) is 95.5 Å². The van der Waals surface area contributed by atoms with Gasteiger partial charge in [0, 0.05) is 6.42 Å². The zero-order valence-corrected chi connectivity index (χ0v) is 18.6. The predicted octanol–water partition coefficient (Wildman–Crippen LogP) is 3.94. The Hall–Kier alpha value is -3.75. The van der Waals surface area contributed by atoms with Gasteiger partial charge in [-0.25, -0.2) is 5.48 Å². The maximum Gasteiger partial charge on any atom is 0.277 e. The van der Waals surface area contributed by atoms with Gasteiger partial charge in [-0.2, -0.15) is 0 Å². The maximum absolute atomic E-state index is 12.4. The number of amides is 1. The van der Waals surface area contributed by atoms with Crippen molar-refractivity contribution in [2.45, 2.75) is 18.6 Å². The van der Waals surface area contributed by atoms with Crippen LogP contribution in [0.25, 0.3) is 0 Å². The van der Waals surface area contributed by atoms with Crippen LogP contribution in [0.4, 0.5) is 0 Å². The largest absolute Gasteiger partial charge is 0.490 e. The zero-order chi connectivity index (χ0) is 23.6. The highest BCUT2D eigenvalue weighted by molar-refractivity contribution is 5.81. The molecule has 0 saturated carbocycles. The third kappa shape index (κ3) is 6.18. The fourth-order valence-corrected chi connectivity index (χ4v) is 3.46. The summed E-state index contributed by atoms with van der Waals surface area (Å²) >= 11 is 0. The van der Waals surface area contributed by atoms with Gasteiger partial charge >= 0.3 is 0 Å². The molecular formula is C26H27NO7. The molecule has 34 heavy (non-hydrogen) atoms. The Bertz CT molecular complexity index is 1010. The number of fused-ring (bicyclic) bond motifs is 2. The van der Waals surface area contributed by atoms with E-state index in [4.69, 9.17) is 23.7 Å². The van der Waals surface area contributed by atoms with Crippen LogP contribution >= 0.6 is 0 Å². The van der Waals surface area contributed by atoms with Crippen molar-refractivity contribution in [2.24, 2.45) is 0 Å². The molecule has 0 radical (unpaired) electrons.